The molecule has 22 heavy (non-hydrogen) atoms. The van der Waals surface area contributed by atoms with Crippen molar-refractivity contribution in [2.75, 3.05) is 18.5 Å². The van der Waals surface area contributed by atoms with Gasteiger partial charge >= 0.3 is 0 Å². The number of aryl methyl sites for hydroxylation is 1. The summed E-state index contributed by atoms with van der Waals surface area (Å²) >= 11 is 6.21. The third-order valence-corrected chi connectivity index (χ3v) is 3.65. The predicted octanol–water partition coefficient (Wildman–Crippen LogP) is 1.64. The molecule has 1 aromatic carbocycles. The van der Waals surface area contributed by atoms with E-state index in [9.17, 15) is 0 Å². The molecule has 0 atom stereocenters. The van der Waals surface area contributed by atoms with Crippen LogP contribution < -0.4 is 5.32 Å². The Bertz CT molecular complexity index is 803. The van der Waals surface area contributed by atoms with Gasteiger partial charge < -0.3 is 10.4 Å². The van der Waals surface area contributed by atoms with Crippen LogP contribution in [0, 0.1) is 6.92 Å². The highest BCUT2D eigenvalue weighted by Gasteiger charge is 2.15. The maximum absolute atomic E-state index is 8.98. The van der Waals surface area contributed by atoms with Gasteiger partial charge in [-0.25, -0.2) is 4.68 Å². The fraction of sp³-hybridized carbons (Fsp3) is 0.286. The van der Waals surface area contributed by atoms with Crippen molar-refractivity contribution < 1.29 is 5.11 Å². The third kappa shape index (κ3) is 2.72. The highest BCUT2D eigenvalue weighted by atomic mass is 35.5. The maximum Gasteiger partial charge on any atom is 0.176 e. The number of fused-ring (bicyclic) bond motifs is 1. The highest BCUT2D eigenvalue weighted by molar-refractivity contribution is 6.31. The van der Waals surface area contributed by atoms with Crippen LogP contribution in [0.4, 0.5) is 5.82 Å². The van der Waals surface area contributed by atoms with E-state index < -0.39 is 0 Å². The molecule has 0 aliphatic heterocycles. The summed E-state index contributed by atoms with van der Waals surface area (Å²) in [4.78, 5) is 0. The van der Waals surface area contributed by atoms with Gasteiger partial charge in [0.05, 0.1) is 18.8 Å². The van der Waals surface area contributed by atoms with Crippen LogP contribution in [0.1, 0.15) is 11.3 Å². The molecular formula is C14H15ClN6O. The van der Waals surface area contributed by atoms with Gasteiger partial charge in [-0.2, -0.15) is 5.10 Å². The molecule has 8 heteroatoms. The van der Waals surface area contributed by atoms with Crippen LogP contribution in [0.15, 0.2) is 24.3 Å². The van der Waals surface area contributed by atoms with Crippen molar-refractivity contribution in [2.45, 2.75) is 13.5 Å². The molecule has 0 aliphatic carbocycles. The fourth-order valence-electron chi connectivity index (χ4n) is 2.20. The Hall–Kier alpha value is -2.25. The summed E-state index contributed by atoms with van der Waals surface area (Å²) in [6.45, 7) is 2.70. The Labute approximate surface area is 131 Å². The average Bonchev–Trinajstić information content (AvgIpc) is 2.94. The zero-order valence-electron chi connectivity index (χ0n) is 12.0. The summed E-state index contributed by atoms with van der Waals surface area (Å²) in [6, 6.07) is 7.59. The summed E-state index contributed by atoms with van der Waals surface area (Å²) in [5.41, 5.74) is 3.08. The molecule has 0 aliphatic rings. The lowest BCUT2D eigenvalue weighted by Gasteiger charge is -2.09. The number of nitrogens with zero attached hydrogens (tertiary/aromatic N) is 5. The molecule has 0 saturated carbocycles. The molecule has 0 fully saturated rings. The molecule has 0 bridgehead atoms. The second-order valence-corrected chi connectivity index (χ2v) is 5.23. The summed E-state index contributed by atoms with van der Waals surface area (Å²) < 4.78 is 1.73. The van der Waals surface area contributed by atoms with Crippen LogP contribution in [0.25, 0.3) is 11.0 Å². The number of benzene rings is 1. The third-order valence-electron chi connectivity index (χ3n) is 3.28. The first-order chi connectivity index (χ1) is 10.7. The van der Waals surface area contributed by atoms with Crippen LogP contribution in [0.3, 0.4) is 0 Å². The van der Waals surface area contributed by atoms with Crippen molar-refractivity contribution in [3.05, 3.63) is 40.5 Å². The minimum Gasteiger partial charge on any atom is -0.395 e. The van der Waals surface area contributed by atoms with E-state index in [0.717, 1.165) is 11.1 Å². The smallest absolute Gasteiger partial charge is 0.176 e. The van der Waals surface area contributed by atoms with Crippen LogP contribution in [-0.4, -0.2) is 43.4 Å². The summed E-state index contributed by atoms with van der Waals surface area (Å²) in [5, 5.41) is 29.3. The van der Waals surface area contributed by atoms with E-state index in [4.69, 9.17) is 16.7 Å². The number of nitrogens with one attached hydrogen (secondary N) is 1. The zero-order chi connectivity index (χ0) is 15.5. The van der Waals surface area contributed by atoms with Gasteiger partial charge in [0.1, 0.15) is 11.0 Å². The fourth-order valence-corrected chi connectivity index (χ4v) is 2.40. The average molecular weight is 319 g/mol. The molecule has 3 rings (SSSR count). The normalized spacial score (nSPS) is 11.0. The second-order valence-electron chi connectivity index (χ2n) is 4.82. The Morgan fingerprint density at radius 3 is 2.82 bits per heavy atom. The first-order valence-electron chi connectivity index (χ1n) is 6.85. The molecule has 0 radical (unpaired) electrons. The number of halogens is 1. The van der Waals surface area contributed by atoms with Crippen LogP contribution >= 0.6 is 11.6 Å². The van der Waals surface area contributed by atoms with E-state index in [2.05, 4.69) is 25.8 Å². The lowest BCUT2D eigenvalue weighted by atomic mass is 10.2. The Kier molecular flexibility index (Phi) is 4.17. The van der Waals surface area contributed by atoms with Gasteiger partial charge in [-0.1, -0.05) is 35.0 Å². The van der Waals surface area contributed by atoms with Gasteiger partial charge in [-0.15, -0.1) is 10.2 Å². The largest absolute Gasteiger partial charge is 0.395 e. The van der Waals surface area contributed by atoms with Gasteiger partial charge in [0.25, 0.3) is 0 Å². The molecule has 2 aromatic heterocycles. The number of rotatable bonds is 5. The van der Waals surface area contributed by atoms with Crippen molar-refractivity contribution in [1.29, 1.82) is 0 Å². The van der Waals surface area contributed by atoms with E-state index in [1.807, 2.05) is 31.2 Å². The number of anilines is 1. The molecule has 2 heterocycles. The SMILES string of the molecule is Cc1nnc(NCCO)c2c1nnn2Cc1ccccc1Cl. The van der Waals surface area contributed by atoms with Gasteiger partial charge in [0, 0.05) is 11.6 Å². The van der Waals surface area contributed by atoms with E-state index in [-0.39, 0.29) is 6.61 Å². The predicted molar refractivity (Wildman–Crippen MR) is 84.0 cm³/mol. The lowest BCUT2D eigenvalue weighted by molar-refractivity contribution is 0.311. The zero-order valence-corrected chi connectivity index (χ0v) is 12.7. The summed E-state index contributed by atoms with van der Waals surface area (Å²) in [6.07, 6.45) is 0. The Morgan fingerprint density at radius 2 is 2.05 bits per heavy atom. The first-order valence-corrected chi connectivity index (χ1v) is 7.23. The number of aromatic nitrogens is 5. The number of aliphatic hydroxyl groups is 1. The minimum absolute atomic E-state index is 0.00310. The van der Waals surface area contributed by atoms with Crippen LogP contribution in [0.2, 0.25) is 5.02 Å². The molecule has 7 nitrogen and oxygen atoms in total. The quantitative estimate of drug-likeness (QED) is 0.743. The standard InChI is InChI=1S/C14H15ClN6O/c1-9-12-13(14(19-17-9)16-6-7-22)21(20-18-12)8-10-4-2-3-5-11(10)15/h2-5,22H,6-8H2,1H3,(H,16,19). The second kappa shape index (κ2) is 6.25. The van der Waals surface area contributed by atoms with Crippen molar-refractivity contribution in [3.63, 3.8) is 0 Å². The molecule has 2 N–H and O–H groups in total. The highest BCUT2D eigenvalue weighted by Crippen LogP contribution is 2.23. The Morgan fingerprint density at radius 1 is 1.23 bits per heavy atom. The van der Waals surface area contributed by atoms with E-state index in [1.165, 1.54) is 0 Å². The minimum atomic E-state index is 0.00310. The van der Waals surface area contributed by atoms with Crippen molar-refractivity contribution in [3.8, 4) is 0 Å². The van der Waals surface area contributed by atoms with Gasteiger partial charge in [0.2, 0.25) is 0 Å². The molecule has 0 saturated heterocycles. The lowest BCUT2D eigenvalue weighted by Crippen LogP contribution is -2.11. The topological polar surface area (TPSA) is 88.8 Å². The number of hydrogen-bond acceptors (Lipinski definition) is 6. The van der Waals surface area contributed by atoms with E-state index in [0.29, 0.717) is 35.1 Å². The monoisotopic (exact) mass is 318 g/mol. The van der Waals surface area contributed by atoms with Crippen molar-refractivity contribution in [1.82, 2.24) is 25.2 Å². The molecule has 0 spiro atoms. The van der Waals surface area contributed by atoms with Gasteiger partial charge in [0.15, 0.2) is 5.82 Å². The van der Waals surface area contributed by atoms with Gasteiger partial charge in [-0.05, 0) is 18.6 Å². The number of hydrogen-bond donors (Lipinski definition) is 2. The van der Waals surface area contributed by atoms with Crippen LogP contribution in [0.5, 0.6) is 0 Å². The van der Waals surface area contributed by atoms with Crippen LogP contribution in [-0.2, 0) is 6.54 Å². The number of aliphatic hydroxyl groups excluding tert-OH is 1. The maximum atomic E-state index is 8.98. The molecule has 0 unspecified atom stereocenters. The summed E-state index contributed by atoms with van der Waals surface area (Å²) in [5.74, 6) is 0.548. The molecule has 3 aromatic rings. The van der Waals surface area contributed by atoms with Gasteiger partial charge in [-0.3, -0.25) is 0 Å². The molecule has 114 valence electrons. The molecule has 0 amide bonds. The van der Waals surface area contributed by atoms with Crippen molar-refractivity contribution >= 4 is 28.5 Å². The summed E-state index contributed by atoms with van der Waals surface area (Å²) in [7, 11) is 0. The van der Waals surface area contributed by atoms with E-state index in [1.54, 1.807) is 4.68 Å². The van der Waals surface area contributed by atoms with Crippen molar-refractivity contribution in [2.24, 2.45) is 0 Å². The molecular weight excluding hydrogens is 304 g/mol. The van der Waals surface area contributed by atoms with E-state index >= 15 is 0 Å². The first kappa shape index (κ1) is 14.7. The Balaban J connectivity index is 2.06.